The molecule has 1 aliphatic rings. The minimum Gasteiger partial charge on any atom is -0.428 e. The van der Waals surface area contributed by atoms with Crippen LogP contribution in [0.15, 0.2) is 0 Å². The Morgan fingerprint density at radius 1 is 1.89 bits per heavy atom. The van der Waals surface area contributed by atoms with Gasteiger partial charge in [0.15, 0.2) is 13.5 Å². The molecule has 1 unspecified atom stereocenters. The molecule has 0 aliphatic carbocycles. The molecule has 0 radical (unpaired) electrons. The van der Waals surface area contributed by atoms with Crippen molar-refractivity contribution in [3.63, 3.8) is 0 Å². The van der Waals surface area contributed by atoms with Gasteiger partial charge < -0.3 is 14.2 Å². The normalized spacial score (nSPS) is 25.4. The Balaban J connectivity index is 2.22. The molecule has 0 aromatic rings. The summed E-state index contributed by atoms with van der Waals surface area (Å²) in [6, 6.07) is 0. The Hall–Kier alpha value is -0.840. The first-order chi connectivity index (χ1) is 4.33. The zero-order valence-corrected chi connectivity index (χ0v) is 4.50. The molecule has 0 spiro atoms. The molecule has 0 saturated carbocycles. The molecular weight excluding hydrogens is 131 g/mol. The van der Waals surface area contributed by atoms with Gasteiger partial charge in [-0.15, -0.1) is 0 Å². The Labute approximate surface area is 50.5 Å². The molecule has 1 atom stereocenters. The van der Waals surface area contributed by atoms with Crippen molar-refractivity contribution >= 4 is 6.16 Å². The maximum atomic E-state index is 11.3. The largest absolute Gasteiger partial charge is 0.510 e. The number of cyclic esters (lactones) is 2. The van der Waals surface area contributed by atoms with E-state index in [4.69, 9.17) is 0 Å². The Bertz CT molecular complexity index is 115. The Morgan fingerprint density at radius 3 is 3.11 bits per heavy atom. The summed E-state index contributed by atoms with van der Waals surface area (Å²) in [7, 11) is 0. The highest BCUT2D eigenvalue weighted by Crippen LogP contribution is 2.06. The van der Waals surface area contributed by atoms with Crippen molar-refractivity contribution in [2.75, 3.05) is 13.5 Å². The number of hydrogen-bond donors (Lipinski definition) is 0. The lowest BCUT2D eigenvalue weighted by Gasteiger charge is -2.01. The zero-order chi connectivity index (χ0) is 6.69. The lowest BCUT2D eigenvalue weighted by Crippen LogP contribution is -2.13. The monoisotopic (exact) mass is 136 g/mol. The minimum absolute atomic E-state index is 0.0250. The van der Waals surface area contributed by atoms with Crippen LogP contribution in [0.25, 0.3) is 0 Å². The van der Waals surface area contributed by atoms with Crippen LogP contribution in [0.5, 0.6) is 0 Å². The van der Waals surface area contributed by atoms with Gasteiger partial charge in [0.25, 0.3) is 0 Å². The Kier molecular flexibility index (Phi) is 1.84. The van der Waals surface area contributed by atoms with Crippen molar-refractivity contribution in [1.82, 2.24) is 0 Å². The minimum atomic E-state index is -0.971. The van der Waals surface area contributed by atoms with Crippen molar-refractivity contribution in [3.8, 4) is 0 Å². The van der Waals surface area contributed by atoms with E-state index < -0.39 is 19.3 Å². The van der Waals surface area contributed by atoms with Gasteiger partial charge in [0.1, 0.15) is 0 Å². The van der Waals surface area contributed by atoms with Crippen LogP contribution in [0.4, 0.5) is 9.18 Å². The van der Waals surface area contributed by atoms with Crippen molar-refractivity contribution in [3.05, 3.63) is 0 Å². The summed E-state index contributed by atoms with van der Waals surface area (Å²) in [5.41, 5.74) is 0. The van der Waals surface area contributed by atoms with Gasteiger partial charge in [-0.3, -0.25) is 0 Å². The zero-order valence-electron chi connectivity index (χ0n) is 4.50. The fraction of sp³-hybridized carbons (Fsp3) is 0.750. The van der Waals surface area contributed by atoms with E-state index in [-0.39, 0.29) is 6.61 Å². The summed E-state index contributed by atoms with van der Waals surface area (Å²) in [6.07, 6.45) is -1.67. The molecule has 0 aromatic carbocycles. The van der Waals surface area contributed by atoms with Gasteiger partial charge >= 0.3 is 6.16 Å². The highest BCUT2D eigenvalue weighted by molar-refractivity contribution is 5.61. The number of carbonyl (C=O) groups excluding carboxylic acids is 1. The number of alkyl halides is 1. The first-order valence-corrected chi connectivity index (χ1v) is 2.34. The summed E-state index contributed by atoms with van der Waals surface area (Å²) >= 11 is 0. The van der Waals surface area contributed by atoms with Crippen LogP contribution in [0.2, 0.25) is 0 Å². The molecule has 0 amide bonds. The fourth-order valence-electron chi connectivity index (χ4n) is 0.464. The molecule has 0 N–H and O–H groups in total. The molecule has 9 heavy (non-hydrogen) atoms. The highest BCUT2D eigenvalue weighted by Gasteiger charge is 2.24. The highest BCUT2D eigenvalue weighted by atomic mass is 19.1. The summed E-state index contributed by atoms with van der Waals surface area (Å²) < 4.78 is 24.1. The van der Waals surface area contributed by atoms with Gasteiger partial charge in [-0.2, -0.15) is 0 Å². The molecular formula is C4H5FO4. The van der Waals surface area contributed by atoms with Crippen LogP contribution >= 0.6 is 0 Å². The van der Waals surface area contributed by atoms with E-state index in [1.807, 2.05) is 0 Å². The Morgan fingerprint density at radius 2 is 2.67 bits per heavy atom. The number of carbonyl (C=O) groups is 1. The van der Waals surface area contributed by atoms with Crippen LogP contribution in [-0.2, 0) is 14.2 Å². The van der Waals surface area contributed by atoms with Crippen LogP contribution < -0.4 is 0 Å². The second-order valence-corrected chi connectivity index (χ2v) is 1.38. The van der Waals surface area contributed by atoms with E-state index in [0.717, 1.165) is 0 Å². The van der Waals surface area contributed by atoms with Gasteiger partial charge in [0.2, 0.25) is 6.29 Å². The average Bonchev–Trinajstić information content (AvgIpc) is 2.17. The first-order valence-electron chi connectivity index (χ1n) is 2.34. The van der Waals surface area contributed by atoms with Crippen LogP contribution in [0.1, 0.15) is 0 Å². The predicted molar refractivity (Wildman–Crippen MR) is 23.3 cm³/mol. The third-order valence-corrected chi connectivity index (χ3v) is 0.814. The SMILES string of the molecule is O=C1OCC(OCF)O1. The van der Waals surface area contributed by atoms with Crippen molar-refractivity contribution < 1.29 is 23.4 Å². The molecule has 0 bridgehead atoms. The van der Waals surface area contributed by atoms with E-state index >= 15 is 0 Å². The van der Waals surface area contributed by atoms with E-state index in [1.165, 1.54) is 0 Å². The van der Waals surface area contributed by atoms with E-state index in [1.54, 1.807) is 0 Å². The number of halogens is 1. The van der Waals surface area contributed by atoms with Crippen molar-refractivity contribution in [2.45, 2.75) is 6.29 Å². The average molecular weight is 136 g/mol. The number of rotatable bonds is 2. The molecule has 0 aromatic heterocycles. The molecule has 1 fully saturated rings. The van der Waals surface area contributed by atoms with Crippen LogP contribution in [0, 0.1) is 0 Å². The molecule has 4 nitrogen and oxygen atoms in total. The molecule has 1 rings (SSSR count). The third kappa shape index (κ3) is 1.53. The van der Waals surface area contributed by atoms with Crippen LogP contribution in [0.3, 0.4) is 0 Å². The van der Waals surface area contributed by atoms with Gasteiger partial charge in [-0.1, -0.05) is 0 Å². The van der Waals surface area contributed by atoms with Crippen LogP contribution in [-0.4, -0.2) is 25.9 Å². The molecule has 5 heteroatoms. The fourth-order valence-corrected chi connectivity index (χ4v) is 0.464. The second kappa shape index (κ2) is 2.63. The number of ether oxygens (including phenoxy) is 3. The maximum Gasteiger partial charge on any atom is 0.510 e. The van der Waals surface area contributed by atoms with Gasteiger partial charge in [-0.25, -0.2) is 9.18 Å². The van der Waals surface area contributed by atoms with Gasteiger partial charge in [0, 0.05) is 0 Å². The second-order valence-electron chi connectivity index (χ2n) is 1.38. The quantitative estimate of drug-likeness (QED) is 0.516. The molecule has 1 aliphatic heterocycles. The first kappa shape index (κ1) is 6.28. The molecule has 1 saturated heterocycles. The van der Waals surface area contributed by atoms with Crippen molar-refractivity contribution in [2.24, 2.45) is 0 Å². The smallest absolute Gasteiger partial charge is 0.428 e. The number of hydrogen-bond acceptors (Lipinski definition) is 4. The lowest BCUT2D eigenvalue weighted by atomic mass is 10.7. The van der Waals surface area contributed by atoms with E-state index in [9.17, 15) is 9.18 Å². The summed E-state index contributed by atoms with van der Waals surface area (Å²) in [6.45, 7) is -0.996. The summed E-state index contributed by atoms with van der Waals surface area (Å²) in [4.78, 5) is 10.1. The topological polar surface area (TPSA) is 44.8 Å². The predicted octanol–water partition coefficient (Wildman–Crippen LogP) is 0.423. The maximum absolute atomic E-state index is 11.3. The molecule has 52 valence electrons. The standard InChI is InChI=1S/C4H5FO4/c5-2-8-3-1-7-4(6)9-3/h3H,1-2H2. The van der Waals surface area contributed by atoms with E-state index in [2.05, 4.69) is 14.2 Å². The summed E-state index contributed by atoms with van der Waals surface area (Å²) in [5.74, 6) is 0. The summed E-state index contributed by atoms with van der Waals surface area (Å²) in [5, 5.41) is 0. The van der Waals surface area contributed by atoms with Gasteiger partial charge in [-0.05, 0) is 0 Å². The van der Waals surface area contributed by atoms with E-state index in [0.29, 0.717) is 0 Å². The van der Waals surface area contributed by atoms with Gasteiger partial charge in [0.05, 0.1) is 0 Å². The molecule has 1 heterocycles. The van der Waals surface area contributed by atoms with Crippen molar-refractivity contribution in [1.29, 1.82) is 0 Å². The third-order valence-electron chi connectivity index (χ3n) is 0.814. The lowest BCUT2D eigenvalue weighted by molar-refractivity contribution is -0.107.